The van der Waals surface area contributed by atoms with Crippen LogP contribution in [-0.2, 0) is 0 Å². The van der Waals surface area contributed by atoms with Crippen molar-refractivity contribution in [2.24, 2.45) is 0 Å². The molecule has 1 rings (SSSR count). The van der Waals surface area contributed by atoms with Crippen LogP contribution in [0.3, 0.4) is 0 Å². The summed E-state index contributed by atoms with van der Waals surface area (Å²) in [5.74, 6) is 0.426. The van der Waals surface area contributed by atoms with Gasteiger partial charge in [-0.15, -0.1) is 11.6 Å². The van der Waals surface area contributed by atoms with Gasteiger partial charge in [0.15, 0.2) is 11.5 Å². The summed E-state index contributed by atoms with van der Waals surface area (Å²) in [6.07, 6.45) is -1.80. The fourth-order valence-corrected chi connectivity index (χ4v) is 1.76. The first kappa shape index (κ1) is 14.8. The van der Waals surface area contributed by atoms with E-state index in [9.17, 15) is 15.0 Å². The van der Waals surface area contributed by atoms with Gasteiger partial charge in [-0.3, -0.25) is 4.79 Å². The third kappa shape index (κ3) is 2.93. The lowest BCUT2D eigenvalue weighted by atomic mass is 10.0. The van der Waals surface area contributed by atoms with Crippen LogP contribution in [0.1, 0.15) is 22.0 Å². The number of methoxy groups -OCH3 is 2. The molecule has 2 N–H and O–H groups in total. The molecule has 100 valence electrons. The average Bonchev–Trinajstić information content (AvgIpc) is 2.43. The predicted octanol–water partition coefficient (Wildman–Crippen LogP) is 1.15. The van der Waals surface area contributed by atoms with Crippen LogP contribution in [0.25, 0.3) is 0 Å². The van der Waals surface area contributed by atoms with E-state index in [1.807, 2.05) is 0 Å². The molecule has 0 aliphatic rings. The largest absolute Gasteiger partial charge is 0.493 e. The number of aliphatic hydroxyl groups is 2. The lowest BCUT2D eigenvalue weighted by molar-refractivity contribution is 0.0309. The smallest absolute Gasteiger partial charge is 0.166 e. The first-order chi connectivity index (χ1) is 8.58. The number of ether oxygens (including phenoxy) is 2. The molecule has 1 aromatic carbocycles. The molecule has 0 heterocycles. The quantitative estimate of drug-likeness (QED) is 0.601. The summed E-state index contributed by atoms with van der Waals surface area (Å²) in [6, 6.07) is 2.91. The van der Waals surface area contributed by atoms with Gasteiger partial charge in [0.05, 0.1) is 26.2 Å². The summed E-state index contributed by atoms with van der Waals surface area (Å²) in [5.41, 5.74) is 0.565. The second-order valence-corrected chi connectivity index (χ2v) is 3.94. The standard InChI is InChI=1S/C12H15ClO5/c1-17-10-4-7(6-14)3-8(12(10)18-2)11(16)9(15)5-13/h3-4,6,9,11,15-16H,5H2,1-2H3. The van der Waals surface area contributed by atoms with Crippen molar-refractivity contribution in [3.05, 3.63) is 23.3 Å². The Hall–Kier alpha value is -1.30. The molecule has 0 amide bonds. The minimum Gasteiger partial charge on any atom is -0.493 e. The summed E-state index contributed by atoms with van der Waals surface area (Å²) in [4.78, 5) is 10.8. The highest BCUT2D eigenvalue weighted by molar-refractivity contribution is 6.18. The molecular formula is C12H15ClO5. The molecule has 6 heteroatoms. The van der Waals surface area contributed by atoms with E-state index >= 15 is 0 Å². The highest BCUT2D eigenvalue weighted by atomic mass is 35.5. The van der Waals surface area contributed by atoms with E-state index in [0.717, 1.165) is 0 Å². The van der Waals surface area contributed by atoms with Gasteiger partial charge in [-0.2, -0.15) is 0 Å². The van der Waals surface area contributed by atoms with Crippen LogP contribution in [0, 0.1) is 0 Å². The van der Waals surface area contributed by atoms with Crippen LogP contribution >= 0.6 is 11.6 Å². The highest BCUT2D eigenvalue weighted by Crippen LogP contribution is 2.37. The minimum absolute atomic E-state index is 0.141. The summed E-state index contributed by atoms with van der Waals surface area (Å²) in [5, 5.41) is 19.5. The van der Waals surface area contributed by atoms with Crippen LogP contribution in [0.5, 0.6) is 11.5 Å². The number of alkyl halides is 1. The van der Waals surface area contributed by atoms with Gasteiger partial charge in [0.25, 0.3) is 0 Å². The number of hydrogen-bond acceptors (Lipinski definition) is 5. The maximum absolute atomic E-state index is 10.8. The van der Waals surface area contributed by atoms with Gasteiger partial charge >= 0.3 is 0 Å². The molecule has 5 nitrogen and oxygen atoms in total. The van der Waals surface area contributed by atoms with E-state index in [-0.39, 0.29) is 17.2 Å². The van der Waals surface area contributed by atoms with Crippen molar-refractivity contribution in [1.82, 2.24) is 0 Å². The van der Waals surface area contributed by atoms with E-state index in [2.05, 4.69) is 0 Å². The van der Waals surface area contributed by atoms with Crippen LogP contribution in [0.2, 0.25) is 0 Å². The van der Waals surface area contributed by atoms with Gasteiger partial charge in [0.1, 0.15) is 12.4 Å². The molecule has 0 fully saturated rings. The number of carbonyl (C=O) groups excluding carboxylic acids is 1. The Labute approximate surface area is 110 Å². The molecule has 0 bridgehead atoms. The van der Waals surface area contributed by atoms with Crippen molar-refractivity contribution in [1.29, 1.82) is 0 Å². The molecule has 0 aliphatic heterocycles. The van der Waals surface area contributed by atoms with E-state index in [1.165, 1.54) is 26.4 Å². The number of hydrogen-bond donors (Lipinski definition) is 2. The molecule has 0 spiro atoms. The molecular weight excluding hydrogens is 260 g/mol. The number of aliphatic hydroxyl groups excluding tert-OH is 2. The van der Waals surface area contributed by atoms with Gasteiger partial charge in [0, 0.05) is 11.1 Å². The van der Waals surface area contributed by atoms with Crippen molar-refractivity contribution < 1.29 is 24.5 Å². The number of aldehydes is 1. The number of benzene rings is 1. The summed E-state index contributed by atoms with van der Waals surface area (Å²) < 4.78 is 10.2. The fraction of sp³-hybridized carbons (Fsp3) is 0.417. The maximum Gasteiger partial charge on any atom is 0.166 e. The second-order valence-electron chi connectivity index (χ2n) is 3.63. The van der Waals surface area contributed by atoms with Gasteiger partial charge in [-0.05, 0) is 12.1 Å². The second kappa shape index (κ2) is 6.58. The molecule has 0 aliphatic carbocycles. The summed E-state index contributed by atoms with van der Waals surface area (Å²) >= 11 is 5.49. The zero-order valence-electron chi connectivity index (χ0n) is 10.1. The Kier molecular flexibility index (Phi) is 5.40. The van der Waals surface area contributed by atoms with E-state index in [4.69, 9.17) is 21.1 Å². The predicted molar refractivity (Wildman–Crippen MR) is 66.6 cm³/mol. The van der Waals surface area contributed by atoms with Crippen LogP contribution < -0.4 is 9.47 Å². The van der Waals surface area contributed by atoms with Crippen molar-refractivity contribution in [3.8, 4) is 11.5 Å². The minimum atomic E-state index is -1.26. The first-order valence-electron chi connectivity index (χ1n) is 5.22. The van der Waals surface area contributed by atoms with Gasteiger partial charge < -0.3 is 19.7 Å². The molecule has 1 aromatic rings. The molecule has 18 heavy (non-hydrogen) atoms. The third-order valence-corrected chi connectivity index (χ3v) is 2.82. The Morgan fingerprint density at radius 1 is 1.33 bits per heavy atom. The van der Waals surface area contributed by atoms with Crippen molar-refractivity contribution in [2.75, 3.05) is 20.1 Å². The van der Waals surface area contributed by atoms with Crippen LogP contribution in [0.4, 0.5) is 0 Å². The van der Waals surface area contributed by atoms with Crippen LogP contribution in [0.15, 0.2) is 12.1 Å². The van der Waals surface area contributed by atoms with Crippen molar-refractivity contribution in [2.45, 2.75) is 12.2 Å². The van der Waals surface area contributed by atoms with Gasteiger partial charge in [-0.1, -0.05) is 0 Å². The maximum atomic E-state index is 10.8. The number of carbonyl (C=O) groups is 1. The van der Waals surface area contributed by atoms with E-state index in [1.54, 1.807) is 0 Å². The summed E-state index contributed by atoms with van der Waals surface area (Å²) in [6.45, 7) is 0. The van der Waals surface area contributed by atoms with Crippen LogP contribution in [-0.4, -0.2) is 42.7 Å². The Morgan fingerprint density at radius 3 is 2.44 bits per heavy atom. The van der Waals surface area contributed by atoms with E-state index in [0.29, 0.717) is 17.6 Å². The van der Waals surface area contributed by atoms with Gasteiger partial charge in [-0.25, -0.2) is 0 Å². The number of halogens is 1. The molecule has 0 radical (unpaired) electrons. The Morgan fingerprint density at radius 2 is 2.00 bits per heavy atom. The lowest BCUT2D eigenvalue weighted by Crippen LogP contribution is -2.20. The first-order valence-corrected chi connectivity index (χ1v) is 5.75. The van der Waals surface area contributed by atoms with Crippen molar-refractivity contribution in [3.63, 3.8) is 0 Å². The average molecular weight is 275 g/mol. The normalized spacial score (nSPS) is 13.8. The van der Waals surface area contributed by atoms with Crippen molar-refractivity contribution >= 4 is 17.9 Å². The molecule has 0 aromatic heterocycles. The molecule has 2 atom stereocenters. The molecule has 0 saturated heterocycles. The SMILES string of the molecule is COc1cc(C=O)cc(C(O)C(O)CCl)c1OC. The topological polar surface area (TPSA) is 76.0 Å². The summed E-state index contributed by atoms with van der Waals surface area (Å²) in [7, 11) is 2.82. The van der Waals surface area contributed by atoms with Gasteiger partial charge in [0.2, 0.25) is 0 Å². The Bertz CT molecular complexity index is 421. The lowest BCUT2D eigenvalue weighted by Gasteiger charge is -2.20. The zero-order chi connectivity index (χ0) is 13.7. The third-order valence-electron chi connectivity index (χ3n) is 2.51. The number of rotatable bonds is 6. The fourth-order valence-electron chi connectivity index (χ4n) is 1.60. The molecule has 0 saturated carbocycles. The Balaban J connectivity index is 3.34. The van der Waals surface area contributed by atoms with E-state index < -0.39 is 12.2 Å². The zero-order valence-corrected chi connectivity index (χ0v) is 10.8. The molecule has 2 unspecified atom stereocenters. The highest BCUT2D eigenvalue weighted by Gasteiger charge is 2.24. The monoisotopic (exact) mass is 274 g/mol.